The number of hydrogen-bond donors (Lipinski definition) is 1. The van der Waals surface area contributed by atoms with Gasteiger partial charge in [-0.2, -0.15) is 0 Å². The van der Waals surface area contributed by atoms with Crippen LogP contribution < -0.4 is 15.1 Å². The lowest BCUT2D eigenvalue weighted by molar-refractivity contribution is -0.117. The number of nitrogens with zero attached hydrogens (tertiary/aromatic N) is 2. The molecule has 1 heterocycles. The van der Waals surface area contributed by atoms with Gasteiger partial charge in [0.15, 0.2) is 0 Å². The van der Waals surface area contributed by atoms with Gasteiger partial charge in [-0.15, -0.1) is 0 Å². The topological polar surface area (TPSA) is 52.7 Å². The third-order valence-electron chi connectivity index (χ3n) is 5.37. The van der Waals surface area contributed by atoms with E-state index in [1.165, 1.54) is 31.0 Å². The van der Waals surface area contributed by atoms with Gasteiger partial charge >= 0.3 is 0 Å². The largest absolute Gasteiger partial charge is 0.372 e. The summed E-state index contributed by atoms with van der Waals surface area (Å²) in [6.07, 6.45) is 2.72. The van der Waals surface area contributed by atoms with Gasteiger partial charge in [0, 0.05) is 50.0 Å². The standard InChI is InChI=1S/C23H29N3O2/c1-17-6-7-20(16-18(17)2)24-23(28)12-15-26(19(3)27)22-10-8-21(9-11-22)25-13-4-5-14-25/h6-11,16H,4-5,12-15H2,1-3H3,(H,24,28). The van der Waals surface area contributed by atoms with Gasteiger partial charge in [0.2, 0.25) is 11.8 Å². The summed E-state index contributed by atoms with van der Waals surface area (Å²) in [5.41, 5.74) is 5.14. The van der Waals surface area contributed by atoms with Crippen LogP contribution in [0.3, 0.4) is 0 Å². The molecule has 0 aliphatic carbocycles. The quantitative estimate of drug-likeness (QED) is 0.815. The minimum Gasteiger partial charge on any atom is -0.372 e. The van der Waals surface area contributed by atoms with Crippen molar-refractivity contribution in [2.45, 2.75) is 40.0 Å². The van der Waals surface area contributed by atoms with Gasteiger partial charge in [-0.25, -0.2) is 0 Å². The zero-order valence-corrected chi connectivity index (χ0v) is 17.0. The SMILES string of the molecule is CC(=O)N(CCC(=O)Nc1ccc(C)c(C)c1)c1ccc(N2CCCC2)cc1. The van der Waals surface area contributed by atoms with E-state index in [2.05, 4.69) is 22.3 Å². The lowest BCUT2D eigenvalue weighted by Gasteiger charge is -2.23. The lowest BCUT2D eigenvalue weighted by atomic mass is 10.1. The van der Waals surface area contributed by atoms with Gasteiger partial charge in [-0.3, -0.25) is 9.59 Å². The van der Waals surface area contributed by atoms with E-state index < -0.39 is 0 Å². The second-order valence-electron chi connectivity index (χ2n) is 7.48. The Morgan fingerprint density at radius 1 is 1.00 bits per heavy atom. The summed E-state index contributed by atoms with van der Waals surface area (Å²) in [6.45, 7) is 8.14. The number of benzene rings is 2. The third-order valence-corrected chi connectivity index (χ3v) is 5.37. The van der Waals surface area contributed by atoms with Crippen molar-refractivity contribution in [3.05, 3.63) is 53.6 Å². The molecule has 0 bridgehead atoms. The predicted molar refractivity (Wildman–Crippen MR) is 115 cm³/mol. The summed E-state index contributed by atoms with van der Waals surface area (Å²) in [4.78, 5) is 28.5. The van der Waals surface area contributed by atoms with Crippen LogP contribution in [0.15, 0.2) is 42.5 Å². The van der Waals surface area contributed by atoms with Crippen molar-refractivity contribution in [3.63, 3.8) is 0 Å². The zero-order valence-electron chi connectivity index (χ0n) is 17.0. The number of aryl methyl sites for hydroxylation is 2. The molecule has 0 atom stereocenters. The van der Waals surface area contributed by atoms with Crippen molar-refractivity contribution in [3.8, 4) is 0 Å². The van der Waals surface area contributed by atoms with E-state index in [-0.39, 0.29) is 18.2 Å². The van der Waals surface area contributed by atoms with Gasteiger partial charge in [-0.1, -0.05) is 6.07 Å². The van der Waals surface area contributed by atoms with E-state index in [1.54, 1.807) is 4.90 Å². The molecular weight excluding hydrogens is 350 g/mol. The molecule has 0 saturated carbocycles. The van der Waals surface area contributed by atoms with Crippen LogP contribution in [0.5, 0.6) is 0 Å². The zero-order chi connectivity index (χ0) is 20.1. The first kappa shape index (κ1) is 19.9. The number of amides is 2. The second kappa shape index (κ2) is 8.91. The van der Waals surface area contributed by atoms with Crippen molar-refractivity contribution in [1.82, 2.24) is 0 Å². The highest BCUT2D eigenvalue weighted by atomic mass is 16.2. The molecule has 0 aromatic heterocycles. The Hall–Kier alpha value is -2.82. The number of carbonyl (C=O) groups excluding carboxylic acids is 2. The number of nitrogens with one attached hydrogen (secondary N) is 1. The maximum absolute atomic E-state index is 12.3. The third kappa shape index (κ3) is 4.91. The highest BCUT2D eigenvalue weighted by molar-refractivity contribution is 5.95. The first-order valence-electron chi connectivity index (χ1n) is 9.94. The molecule has 2 aromatic rings. The molecule has 28 heavy (non-hydrogen) atoms. The van der Waals surface area contributed by atoms with Crippen molar-refractivity contribution >= 4 is 28.9 Å². The highest BCUT2D eigenvalue weighted by Crippen LogP contribution is 2.24. The molecule has 148 valence electrons. The van der Waals surface area contributed by atoms with Crippen molar-refractivity contribution in [2.75, 3.05) is 34.8 Å². The van der Waals surface area contributed by atoms with Crippen molar-refractivity contribution in [2.24, 2.45) is 0 Å². The Bertz CT molecular complexity index is 839. The molecule has 1 aliphatic rings. The molecule has 3 rings (SSSR count). The van der Waals surface area contributed by atoms with E-state index in [0.717, 1.165) is 30.0 Å². The first-order chi connectivity index (χ1) is 13.4. The molecule has 5 nitrogen and oxygen atoms in total. The van der Waals surface area contributed by atoms with Crippen molar-refractivity contribution in [1.29, 1.82) is 0 Å². The normalized spacial score (nSPS) is 13.5. The molecule has 0 spiro atoms. The average molecular weight is 380 g/mol. The van der Waals surface area contributed by atoms with Gasteiger partial charge in [-0.05, 0) is 74.2 Å². The first-order valence-corrected chi connectivity index (χ1v) is 9.94. The molecule has 1 N–H and O–H groups in total. The molecule has 1 aliphatic heterocycles. The molecule has 0 unspecified atom stereocenters. The maximum Gasteiger partial charge on any atom is 0.226 e. The molecule has 1 saturated heterocycles. The number of carbonyl (C=O) groups is 2. The summed E-state index contributed by atoms with van der Waals surface area (Å²) in [5.74, 6) is -0.156. The van der Waals surface area contributed by atoms with Gasteiger partial charge < -0.3 is 15.1 Å². The predicted octanol–water partition coefficient (Wildman–Crippen LogP) is 4.29. The Kier molecular flexibility index (Phi) is 6.34. The fourth-order valence-electron chi connectivity index (χ4n) is 3.54. The van der Waals surface area contributed by atoms with Gasteiger partial charge in [0.1, 0.15) is 0 Å². The summed E-state index contributed by atoms with van der Waals surface area (Å²) in [7, 11) is 0. The maximum atomic E-state index is 12.3. The van der Waals surface area contributed by atoms with E-state index in [1.807, 2.05) is 44.2 Å². The lowest BCUT2D eigenvalue weighted by Crippen LogP contribution is -2.32. The molecule has 0 radical (unpaired) electrons. The van der Waals surface area contributed by atoms with Crippen LogP contribution in [0.25, 0.3) is 0 Å². The summed E-state index contributed by atoms with van der Waals surface area (Å²) in [5, 5.41) is 2.92. The Labute approximate surface area is 167 Å². The van der Waals surface area contributed by atoms with E-state index >= 15 is 0 Å². The molecule has 5 heteroatoms. The van der Waals surface area contributed by atoms with E-state index in [4.69, 9.17) is 0 Å². The van der Waals surface area contributed by atoms with Crippen LogP contribution in [0.1, 0.15) is 37.3 Å². The van der Waals surface area contributed by atoms with Crippen LogP contribution in [0, 0.1) is 13.8 Å². The van der Waals surface area contributed by atoms with Crippen LogP contribution in [-0.2, 0) is 9.59 Å². The number of anilines is 3. The van der Waals surface area contributed by atoms with Crippen molar-refractivity contribution < 1.29 is 9.59 Å². The molecule has 2 aromatic carbocycles. The van der Waals surface area contributed by atoms with Gasteiger partial charge in [0.25, 0.3) is 0 Å². The molecular formula is C23H29N3O2. The minimum atomic E-state index is -0.0943. The van der Waals surface area contributed by atoms with E-state index in [0.29, 0.717) is 6.54 Å². The molecule has 1 fully saturated rings. The van der Waals surface area contributed by atoms with E-state index in [9.17, 15) is 9.59 Å². The monoisotopic (exact) mass is 379 g/mol. The average Bonchev–Trinajstić information content (AvgIpc) is 3.20. The smallest absolute Gasteiger partial charge is 0.226 e. The van der Waals surface area contributed by atoms with Crippen LogP contribution in [0.2, 0.25) is 0 Å². The number of rotatable bonds is 6. The summed E-state index contributed by atoms with van der Waals surface area (Å²) < 4.78 is 0. The second-order valence-corrected chi connectivity index (χ2v) is 7.48. The Morgan fingerprint density at radius 3 is 2.29 bits per heavy atom. The summed E-state index contributed by atoms with van der Waals surface area (Å²) in [6, 6.07) is 13.9. The number of hydrogen-bond acceptors (Lipinski definition) is 3. The van der Waals surface area contributed by atoms with Gasteiger partial charge in [0.05, 0.1) is 0 Å². The Balaban J connectivity index is 1.60. The minimum absolute atomic E-state index is 0.0621. The highest BCUT2D eigenvalue weighted by Gasteiger charge is 2.16. The molecule has 2 amide bonds. The van der Waals surface area contributed by atoms with Crippen LogP contribution in [-0.4, -0.2) is 31.4 Å². The fourth-order valence-corrected chi connectivity index (χ4v) is 3.54. The van der Waals surface area contributed by atoms with Crippen LogP contribution in [0.4, 0.5) is 17.1 Å². The fraction of sp³-hybridized carbons (Fsp3) is 0.391. The van der Waals surface area contributed by atoms with Crippen LogP contribution >= 0.6 is 0 Å². The summed E-state index contributed by atoms with van der Waals surface area (Å²) >= 11 is 0. The Morgan fingerprint density at radius 2 is 1.68 bits per heavy atom.